The molecule has 0 fully saturated rings. The minimum Gasteiger partial charge on any atom is -0.409 e. The summed E-state index contributed by atoms with van der Waals surface area (Å²) in [6.07, 6.45) is 1.64. The second-order valence-electron chi connectivity index (χ2n) is 4.49. The second-order valence-corrected chi connectivity index (χ2v) is 4.49. The van der Waals surface area contributed by atoms with Gasteiger partial charge in [-0.2, -0.15) is 5.10 Å². The Morgan fingerprint density at radius 3 is 2.74 bits per heavy atom. The van der Waals surface area contributed by atoms with E-state index in [-0.39, 0.29) is 5.84 Å². The van der Waals surface area contributed by atoms with E-state index in [1.165, 1.54) is 5.56 Å². The van der Waals surface area contributed by atoms with Crippen molar-refractivity contribution in [2.45, 2.75) is 27.3 Å². The van der Waals surface area contributed by atoms with Crippen LogP contribution < -0.4 is 5.73 Å². The van der Waals surface area contributed by atoms with Gasteiger partial charge in [0.25, 0.3) is 0 Å². The van der Waals surface area contributed by atoms with Gasteiger partial charge in [0, 0.05) is 11.9 Å². The van der Waals surface area contributed by atoms with Crippen LogP contribution in [-0.4, -0.2) is 25.8 Å². The second kappa shape index (κ2) is 5.09. The summed E-state index contributed by atoms with van der Waals surface area (Å²) in [7, 11) is 0. The van der Waals surface area contributed by atoms with Gasteiger partial charge in [0.2, 0.25) is 0 Å². The highest BCUT2D eigenvalue weighted by Gasteiger charge is 2.08. The topological polar surface area (TPSA) is 89.3 Å². The minimum absolute atomic E-state index is 0.00592. The normalized spacial score (nSPS) is 11.8. The molecule has 100 valence electrons. The van der Waals surface area contributed by atoms with Gasteiger partial charge in [0.1, 0.15) is 5.69 Å². The summed E-state index contributed by atoms with van der Waals surface area (Å²) in [6.45, 7) is 6.73. The Kier molecular flexibility index (Phi) is 3.50. The quantitative estimate of drug-likeness (QED) is 0.377. The molecule has 0 saturated carbocycles. The van der Waals surface area contributed by atoms with Gasteiger partial charge < -0.3 is 10.9 Å². The Bertz CT molecular complexity index is 630. The van der Waals surface area contributed by atoms with Crippen molar-refractivity contribution in [2.24, 2.45) is 10.9 Å². The maximum absolute atomic E-state index is 8.66. The number of rotatable bonds is 3. The summed E-state index contributed by atoms with van der Waals surface area (Å²) in [5.74, 6) is 0.00592. The molecule has 0 atom stereocenters. The van der Waals surface area contributed by atoms with Crippen LogP contribution in [0.25, 0.3) is 0 Å². The molecule has 2 aromatic heterocycles. The SMILES string of the molecule is Cc1nn(Cc2ccnc(C(N)=NO)c2)c(C)c1C. The molecule has 3 N–H and O–H groups in total. The smallest absolute Gasteiger partial charge is 0.188 e. The zero-order valence-electron chi connectivity index (χ0n) is 11.3. The fourth-order valence-corrected chi connectivity index (χ4v) is 1.88. The molecule has 0 aliphatic heterocycles. The van der Waals surface area contributed by atoms with Crippen LogP contribution in [0.1, 0.15) is 28.2 Å². The third-order valence-electron chi connectivity index (χ3n) is 3.27. The lowest BCUT2D eigenvalue weighted by Gasteiger charge is -2.06. The summed E-state index contributed by atoms with van der Waals surface area (Å²) in [4.78, 5) is 4.05. The van der Waals surface area contributed by atoms with Crippen molar-refractivity contribution in [2.75, 3.05) is 0 Å². The zero-order chi connectivity index (χ0) is 14.0. The summed E-state index contributed by atoms with van der Waals surface area (Å²) in [6, 6.07) is 3.68. The molecule has 0 unspecified atom stereocenters. The Hall–Kier alpha value is -2.37. The average Bonchev–Trinajstić information content (AvgIpc) is 2.66. The minimum atomic E-state index is 0.00592. The summed E-state index contributed by atoms with van der Waals surface area (Å²) < 4.78 is 1.94. The molecule has 2 heterocycles. The van der Waals surface area contributed by atoms with E-state index in [2.05, 4.69) is 22.2 Å². The molecule has 6 nitrogen and oxygen atoms in total. The number of amidine groups is 1. The standard InChI is InChI=1S/C13H17N5O/c1-8-9(2)16-18(10(8)3)7-11-4-5-15-12(6-11)13(14)17-19/h4-6,19H,7H2,1-3H3,(H2,14,17). The zero-order valence-corrected chi connectivity index (χ0v) is 11.3. The van der Waals surface area contributed by atoms with Crippen LogP contribution in [0.3, 0.4) is 0 Å². The third kappa shape index (κ3) is 2.57. The van der Waals surface area contributed by atoms with E-state index in [4.69, 9.17) is 10.9 Å². The first-order chi connectivity index (χ1) is 9.02. The number of hydrogen-bond acceptors (Lipinski definition) is 4. The summed E-state index contributed by atoms with van der Waals surface area (Å²) in [5, 5.41) is 16.1. The van der Waals surface area contributed by atoms with Gasteiger partial charge in [0.05, 0.1) is 12.2 Å². The molecule has 0 aromatic carbocycles. The van der Waals surface area contributed by atoms with Crippen LogP contribution in [0.5, 0.6) is 0 Å². The van der Waals surface area contributed by atoms with Crippen LogP contribution in [-0.2, 0) is 6.54 Å². The lowest BCUT2D eigenvalue weighted by atomic mass is 10.2. The number of hydrogen-bond donors (Lipinski definition) is 2. The van der Waals surface area contributed by atoms with Crippen molar-refractivity contribution < 1.29 is 5.21 Å². The fraction of sp³-hybridized carbons (Fsp3) is 0.308. The molecule has 0 amide bonds. The Morgan fingerprint density at radius 1 is 1.42 bits per heavy atom. The van der Waals surface area contributed by atoms with Crippen LogP contribution in [0, 0.1) is 20.8 Å². The van der Waals surface area contributed by atoms with E-state index in [0.717, 1.165) is 17.0 Å². The molecular weight excluding hydrogens is 242 g/mol. The van der Waals surface area contributed by atoms with Gasteiger partial charge in [-0.25, -0.2) is 0 Å². The van der Waals surface area contributed by atoms with E-state index < -0.39 is 0 Å². The van der Waals surface area contributed by atoms with Gasteiger partial charge in [-0.3, -0.25) is 9.67 Å². The van der Waals surface area contributed by atoms with E-state index in [9.17, 15) is 0 Å². The number of oxime groups is 1. The first-order valence-electron chi connectivity index (χ1n) is 5.96. The highest BCUT2D eigenvalue weighted by atomic mass is 16.4. The maximum atomic E-state index is 8.66. The molecule has 2 rings (SSSR count). The summed E-state index contributed by atoms with van der Waals surface area (Å²) in [5.41, 5.74) is 10.4. The van der Waals surface area contributed by atoms with Gasteiger partial charge in [-0.15, -0.1) is 0 Å². The van der Waals surface area contributed by atoms with Crippen LogP contribution in [0.15, 0.2) is 23.5 Å². The predicted molar refractivity (Wildman–Crippen MR) is 72.3 cm³/mol. The van der Waals surface area contributed by atoms with E-state index in [1.807, 2.05) is 24.6 Å². The lowest BCUT2D eigenvalue weighted by Crippen LogP contribution is -2.15. The Labute approximate surface area is 111 Å². The number of aromatic nitrogens is 3. The van der Waals surface area contributed by atoms with Crippen LogP contribution >= 0.6 is 0 Å². The molecule has 0 saturated heterocycles. The van der Waals surface area contributed by atoms with Gasteiger partial charge in [-0.05, 0) is 44.0 Å². The van der Waals surface area contributed by atoms with E-state index >= 15 is 0 Å². The molecule has 0 aliphatic rings. The predicted octanol–water partition coefficient (Wildman–Crippen LogP) is 1.35. The number of nitrogens with zero attached hydrogens (tertiary/aromatic N) is 4. The first-order valence-corrected chi connectivity index (χ1v) is 5.96. The fourth-order valence-electron chi connectivity index (χ4n) is 1.88. The van der Waals surface area contributed by atoms with E-state index in [0.29, 0.717) is 12.2 Å². The highest BCUT2D eigenvalue weighted by molar-refractivity contribution is 5.95. The molecule has 19 heavy (non-hydrogen) atoms. The van der Waals surface area contributed by atoms with E-state index in [1.54, 1.807) is 12.3 Å². The van der Waals surface area contributed by atoms with Crippen molar-refractivity contribution in [1.82, 2.24) is 14.8 Å². The maximum Gasteiger partial charge on any atom is 0.188 e. The first kappa shape index (κ1) is 13.1. The molecular formula is C13H17N5O. The van der Waals surface area contributed by atoms with Gasteiger partial charge >= 0.3 is 0 Å². The summed E-state index contributed by atoms with van der Waals surface area (Å²) >= 11 is 0. The molecule has 0 bridgehead atoms. The number of nitrogens with two attached hydrogens (primary N) is 1. The molecule has 0 spiro atoms. The molecule has 0 radical (unpaired) electrons. The van der Waals surface area contributed by atoms with Crippen LogP contribution in [0.2, 0.25) is 0 Å². The number of pyridine rings is 1. The largest absolute Gasteiger partial charge is 0.409 e. The highest BCUT2D eigenvalue weighted by Crippen LogP contribution is 2.13. The van der Waals surface area contributed by atoms with Crippen molar-refractivity contribution in [3.63, 3.8) is 0 Å². The van der Waals surface area contributed by atoms with Crippen LogP contribution in [0.4, 0.5) is 0 Å². The van der Waals surface area contributed by atoms with Gasteiger partial charge in [0.15, 0.2) is 5.84 Å². The molecule has 6 heteroatoms. The average molecular weight is 259 g/mol. The molecule has 2 aromatic rings. The third-order valence-corrected chi connectivity index (χ3v) is 3.27. The monoisotopic (exact) mass is 259 g/mol. The van der Waals surface area contributed by atoms with Gasteiger partial charge in [-0.1, -0.05) is 5.16 Å². The van der Waals surface area contributed by atoms with Crippen molar-refractivity contribution in [3.8, 4) is 0 Å². The Balaban J connectivity index is 2.31. The van der Waals surface area contributed by atoms with Crippen molar-refractivity contribution in [3.05, 3.63) is 46.5 Å². The number of aryl methyl sites for hydroxylation is 1. The Morgan fingerprint density at radius 2 is 2.16 bits per heavy atom. The van der Waals surface area contributed by atoms with Crippen molar-refractivity contribution >= 4 is 5.84 Å². The molecule has 0 aliphatic carbocycles. The lowest BCUT2D eigenvalue weighted by molar-refractivity contribution is 0.318. The van der Waals surface area contributed by atoms with Crippen molar-refractivity contribution in [1.29, 1.82) is 0 Å².